The molecule has 3 aliphatic carbocycles. The van der Waals surface area contributed by atoms with Gasteiger partial charge in [-0.05, 0) is 125 Å². The van der Waals surface area contributed by atoms with Gasteiger partial charge in [-0.2, -0.15) is 0 Å². The highest BCUT2D eigenvalue weighted by atomic mass is 16.5. The minimum absolute atomic E-state index is 0.0990. The van der Waals surface area contributed by atoms with E-state index in [2.05, 4.69) is 107 Å². The molecule has 8 rings (SSSR count). The SMILES string of the molecule is CC1=C(c2ccc(CNC(=O)[C@@H]3CC(O)CC3C(=O)[C@@H](NC(=O)COCCCOCCCOc3ccc(C(C)(C)NC(=O)CC4N=C(c5ccc(C)cc5)C5=C(CC(C)=C5C)n5c(C)nnc54)cc3)C(C)(C)C)cc2)CC=C1. The first-order valence-electron chi connectivity index (χ1n) is 27.6. The van der Waals surface area contributed by atoms with Crippen LogP contribution < -0.4 is 20.7 Å². The number of aliphatic hydroxyl groups is 1. The molecule has 15 heteroatoms. The number of benzene rings is 3. The van der Waals surface area contributed by atoms with Crippen LogP contribution in [0.5, 0.6) is 5.75 Å². The van der Waals surface area contributed by atoms with Crippen molar-refractivity contribution < 1.29 is 38.5 Å². The van der Waals surface area contributed by atoms with E-state index in [0.717, 1.165) is 63.5 Å². The van der Waals surface area contributed by atoms with Gasteiger partial charge in [0.2, 0.25) is 17.7 Å². The number of aliphatic hydroxyl groups excluding tert-OH is 1. The number of aryl methyl sites for hydroxylation is 2. The summed E-state index contributed by atoms with van der Waals surface area (Å²) < 4.78 is 19.6. The number of Topliss-reactive ketones (excluding diaryl/α,β-unsaturated/α-hetero) is 1. The molecule has 1 aliphatic heterocycles. The van der Waals surface area contributed by atoms with Crippen molar-refractivity contribution in [3.8, 4) is 5.75 Å². The summed E-state index contributed by atoms with van der Waals surface area (Å²) in [5.74, 6) is -0.419. The monoisotopic (exact) mass is 1060 g/mol. The van der Waals surface area contributed by atoms with E-state index in [-0.39, 0.29) is 50.1 Å². The summed E-state index contributed by atoms with van der Waals surface area (Å²) in [5, 5.41) is 28.8. The second kappa shape index (κ2) is 24.9. The molecule has 0 saturated heterocycles. The van der Waals surface area contributed by atoms with Gasteiger partial charge in [0.25, 0.3) is 0 Å². The molecule has 4 aliphatic rings. The Morgan fingerprint density at radius 2 is 1.45 bits per heavy atom. The number of ether oxygens (including phenoxy) is 3. The van der Waals surface area contributed by atoms with Crippen molar-refractivity contribution >= 4 is 40.5 Å². The van der Waals surface area contributed by atoms with Crippen molar-refractivity contribution in [2.75, 3.05) is 33.0 Å². The Bertz CT molecular complexity index is 3010. The van der Waals surface area contributed by atoms with E-state index in [9.17, 15) is 24.3 Å². The van der Waals surface area contributed by atoms with Crippen molar-refractivity contribution in [3.63, 3.8) is 0 Å². The molecule has 1 saturated carbocycles. The zero-order chi connectivity index (χ0) is 55.9. The van der Waals surface area contributed by atoms with Crippen molar-refractivity contribution in [2.45, 2.75) is 144 Å². The first-order valence-corrected chi connectivity index (χ1v) is 27.6. The highest BCUT2D eigenvalue weighted by molar-refractivity contribution is 6.19. The minimum Gasteiger partial charge on any atom is -0.494 e. The van der Waals surface area contributed by atoms with Gasteiger partial charge >= 0.3 is 0 Å². The molecule has 5 atom stereocenters. The first-order chi connectivity index (χ1) is 37.2. The van der Waals surface area contributed by atoms with Crippen LogP contribution in [0.25, 0.3) is 11.3 Å². The van der Waals surface area contributed by atoms with Gasteiger partial charge in [-0.25, -0.2) is 0 Å². The minimum atomic E-state index is -0.879. The van der Waals surface area contributed by atoms with Crippen LogP contribution in [-0.2, 0) is 40.7 Å². The molecule has 2 heterocycles. The molecule has 78 heavy (non-hydrogen) atoms. The Hall–Kier alpha value is -6.81. The third kappa shape index (κ3) is 13.7. The maximum atomic E-state index is 14.1. The van der Waals surface area contributed by atoms with Crippen LogP contribution in [-0.4, -0.2) is 94.3 Å². The number of allylic oxidation sites excluding steroid dienone is 8. The molecular weight excluding hydrogens is 983 g/mol. The molecule has 4 N–H and O–H groups in total. The molecule has 3 amide bonds. The van der Waals surface area contributed by atoms with Crippen LogP contribution >= 0.6 is 0 Å². The zero-order valence-electron chi connectivity index (χ0n) is 47.3. The van der Waals surface area contributed by atoms with E-state index in [1.165, 1.54) is 22.3 Å². The molecule has 1 fully saturated rings. The van der Waals surface area contributed by atoms with Gasteiger partial charge in [0.1, 0.15) is 24.2 Å². The number of carbonyl (C=O) groups is 4. The molecule has 0 bridgehead atoms. The number of rotatable bonds is 23. The Kier molecular flexibility index (Phi) is 18.3. The lowest BCUT2D eigenvalue weighted by Gasteiger charge is -2.33. The number of hydrogen-bond donors (Lipinski definition) is 4. The number of ketones is 1. The van der Waals surface area contributed by atoms with Gasteiger partial charge in [-0.3, -0.25) is 28.7 Å². The fraction of sp³-hybridized carbons (Fsp3) is 0.476. The summed E-state index contributed by atoms with van der Waals surface area (Å²) in [7, 11) is 0. The molecule has 4 aromatic rings. The Morgan fingerprint density at radius 1 is 0.782 bits per heavy atom. The topological polar surface area (TPSA) is 195 Å². The fourth-order valence-electron chi connectivity index (χ4n) is 11.0. The summed E-state index contributed by atoms with van der Waals surface area (Å²) in [5.41, 5.74) is 11.9. The predicted octanol–water partition coefficient (Wildman–Crippen LogP) is 9.56. The van der Waals surface area contributed by atoms with Crippen molar-refractivity contribution in [1.82, 2.24) is 30.7 Å². The number of amides is 3. The number of aliphatic imine (C=N–C) groups is 1. The van der Waals surface area contributed by atoms with Gasteiger partial charge in [-0.1, -0.05) is 105 Å². The van der Waals surface area contributed by atoms with Crippen molar-refractivity contribution in [2.24, 2.45) is 22.2 Å². The normalized spacial score (nSPS) is 19.6. The van der Waals surface area contributed by atoms with E-state index in [0.29, 0.717) is 50.8 Å². The van der Waals surface area contributed by atoms with Crippen molar-refractivity contribution in [1.29, 1.82) is 0 Å². The molecule has 414 valence electrons. The third-order valence-electron chi connectivity index (χ3n) is 15.6. The summed E-state index contributed by atoms with van der Waals surface area (Å²) in [6.45, 7) is 21.7. The van der Waals surface area contributed by atoms with Crippen LogP contribution in [0.4, 0.5) is 0 Å². The zero-order valence-corrected chi connectivity index (χ0v) is 47.3. The second-order valence-electron chi connectivity index (χ2n) is 23.1. The molecular formula is C63H79N7O8. The van der Waals surface area contributed by atoms with E-state index in [1.54, 1.807) is 0 Å². The maximum Gasteiger partial charge on any atom is 0.246 e. The average molecular weight is 1060 g/mol. The number of nitrogens with one attached hydrogen (secondary N) is 3. The average Bonchev–Trinajstić information content (AvgIpc) is 4.27. The smallest absolute Gasteiger partial charge is 0.246 e. The summed E-state index contributed by atoms with van der Waals surface area (Å²) in [6.07, 6.45) is 6.84. The standard InChI is InChI=1S/C63H79N7O8/c1-38-16-20-45(21-17-38)57-56-41(4)40(3)32-53(56)70-42(5)68-69-60(70)52(65-57)35-54(72)67-63(9,10)46-24-26-48(27-25-46)78-31-13-29-76-28-12-30-77-37-55(73)66-59(62(6,7)8)58(74)50-33-47(71)34-51(50)61(75)64-36-43-18-22-44(23-19-43)49-15-11-14-39(49)2/h11,14,16-27,47,50-52,59,71H,12-13,15,28-37H2,1-10H3,(H,64,75)(H,66,73)(H,67,72)/t47?,50?,51-,52?,59-/m1/s1. The van der Waals surface area contributed by atoms with Crippen molar-refractivity contribution in [3.05, 3.63) is 147 Å². The molecule has 0 spiro atoms. The lowest BCUT2D eigenvalue weighted by Crippen LogP contribution is -2.53. The van der Waals surface area contributed by atoms with Gasteiger partial charge in [0, 0.05) is 62.0 Å². The quantitative estimate of drug-likeness (QED) is 0.0520. The van der Waals surface area contributed by atoms with E-state index < -0.39 is 46.9 Å². The summed E-state index contributed by atoms with van der Waals surface area (Å²) in [4.78, 5) is 60.0. The Balaban J connectivity index is 0.729. The Labute approximate surface area is 460 Å². The van der Waals surface area contributed by atoms with E-state index >= 15 is 0 Å². The lowest BCUT2D eigenvalue weighted by molar-refractivity contribution is -0.138. The molecule has 0 radical (unpaired) electrons. The van der Waals surface area contributed by atoms with Gasteiger partial charge in [-0.15, -0.1) is 10.2 Å². The summed E-state index contributed by atoms with van der Waals surface area (Å²) >= 11 is 0. The number of aromatic nitrogens is 3. The Morgan fingerprint density at radius 3 is 2.13 bits per heavy atom. The van der Waals surface area contributed by atoms with E-state index in [4.69, 9.17) is 19.2 Å². The molecule has 3 unspecified atom stereocenters. The second-order valence-corrected chi connectivity index (χ2v) is 23.1. The van der Waals surface area contributed by atoms with Gasteiger partial charge in [0.05, 0.1) is 42.3 Å². The fourth-order valence-corrected chi connectivity index (χ4v) is 11.0. The van der Waals surface area contributed by atoms with E-state index in [1.807, 2.05) is 77.9 Å². The third-order valence-corrected chi connectivity index (χ3v) is 15.6. The van der Waals surface area contributed by atoms with Crippen LogP contribution in [0, 0.1) is 31.1 Å². The van der Waals surface area contributed by atoms with Crippen LogP contribution in [0.3, 0.4) is 0 Å². The largest absolute Gasteiger partial charge is 0.494 e. The van der Waals surface area contributed by atoms with Crippen LogP contribution in [0.2, 0.25) is 0 Å². The number of fused-ring (bicyclic) bond motifs is 2. The number of carbonyl (C=O) groups excluding carboxylic acids is 4. The lowest BCUT2D eigenvalue weighted by atomic mass is 9.77. The highest BCUT2D eigenvalue weighted by Crippen LogP contribution is 2.43. The van der Waals surface area contributed by atoms with Crippen LogP contribution in [0.15, 0.2) is 112 Å². The van der Waals surface area contributed by atoms with Crippen LogP contribution in [0.1, 0.15) is 146 Å². The first kappa shape index (κ1) is 57.4. The number of hydrogen-bond acceptors (Lipinski definition) is 11. The highest BCUT2D eigenvalue weighted by Gasteiger charge is 2.47. The molecule has 1 aromatic heterocycles. The molecule has 3 aromatic carbocycles. The predicted molar refractivity (Wildman–Crippen MR) is 303 cm³/mol. The van der Waals surface area contributed by atoms with Gasteiger partial charge in [0.15, 0.2) is 11.6 Å². The maximum absolute atomic E-state index is 14.1. The molecule has 15 nitrogen and oxygen atoms in total. The van der Waals surface area contributed by atoms with Gasteiger partial charge < -0.3 is 35.3 Å². The number of nitrogens with zero attached hydrogens (tertiary/aromatic N) is 4. The summed E-state index contributed by atoms with van der Waals surface area (Å²) in [6, 6.07) is 22.8.